The van der Waals surface area contributed by atoms with Crippen LogP contribution >= 0.6 is 0 Å². The summed E-state index contributed by atoms with van der Waals surface area (Å²) < 4.78 is 44.0. The number of halogens is 3. The fourth-order valence-corrected chi connectivity index (χ4v) is 3.17. The highest BCUT2D eigenvalue weighted by Crippen LogP contribution is 2.31. The maximum atomic E-state index is 12.9. The average Bonchev–Trinajstić information content (AvgIpc) is 2.77. The van der Waals surface area contributed by atoms with Crippen molar-refractivity contribution in [1.82, 2.24) is 19.9 Å². The van der Waals surface area contributed by atoms with Gasteiger partial charge in [-0.25, -0.2) is 15.0 Å². The summed E-state index contributed by atoms with van der Waals surface area (Å²) in [5.41, 5.74) is 2.57. The van der Waals surface area contributed by atoms with Crippen molar-refractivity contribution in [2.45, 2.75) is 26.6 Å². The van der Waals surface area contributed by atoms with E-state index in [0.29, 0.717) is 40.7 Å². The molecule has 0 saturated heterocycles. The van der Waals surface area contributed by atoms with Crippen molar-refractivity contribution in [2.75, 3.05) is 11.9 Å². The Hall–Kier alpha value is -3.59. The Labute approximate surface area is 182 Å². The standard InChI is InChI=1S/C23H20F3N5O/c1-3-32-13-19-30-21(28-16-8-6-15(7-9-16)23(24,25)26)17-10-11-18(29-22(17)31-19)20-14(2)5-4-12-27-20/h4-12H,3,13H2,1-2H3,(H,28,29,30,31). The molecule has 4 rings (SSSR count). The van der Waals surface area contributed by atoms with Crippen LogP contribution in [0.4, 0.5) is 24.7 Å². The number of benzene rings is 1. The third kappa shape index (κ3) is 4.67. The number of fused-ring (bicyclic) bond motifs is 1. The number of hydrogen-bond acceptors (Lipinski definition) is 6. The molecule has 1 aromatic carbocycles. The van der Waals surface area contributed by atoms with E-state index in [1.165, 1.54) is 12.1 Å². The summed E-state index contributed by atoms with van der Waals surface area (Å²) in [7, 11) is 0. The maximum Gasteiger partial charge on any atom is 0.416 e. The zero-order chi connectivity index (χ0) is 22.7. The van der Waals surface area contributed by atoms with E-state index in [0.717, 1.165) is 23.4 Å². The van der Waals surface area contributed by atoms with Crippen molar-refractivity contribution in [3.8, 4) is 11.4 Å². The number of rotatable bonds is 6. The van der Waals surface area contributed by atoms with Gasteiger partial charge in [0.2, 0.25) is 0 Å². The summed E-state index contributed by atoms with van der Waals surface area (Å²) in [5.74, 6) is 0.845. The van der Waals surface area contributed by atoms with Gasteiger partial charge in [0.25, 0.3) is 0 Å². The Kier molecular flexibility index (Phi) is 6.00. The third-order valence-electron chi connectivity index (χ3n) is 4.77. The van der Waals surface area contributed by atoms with Crippen LogP contribution in [-0.4, -0.2) is 26.5 Å². The fraction of sp³-hybridized carbons (Fsp3) is 0.217. The first-order valence-electron chi connectivity index (χ1n) is 9.97. The van der Waals surface area contributed by atoms with Gasteiger partial charge < -0.3 is 10.1 Å². The minimum Gasteiger partial charge on any atom is -0.374 e. The highest BCUT2D eigenvalue weighted by atomic mass is 19.4. The Bertz CT molecular complexity index is 1240. The molecule has 0 unspecified atom stereocenters. The Morgan fingerprint density at radius 2 is 1.75 bits per heavy atom. The minimum absolute atomic E-state index is 0.183. The second-order valence-electron chi connectivity index (χ2n) is 7.06. The molecule has 9 heteroatoms. The van der Waals surface area contributed by atoms with Crippen LogP contribution in [-0.2, 0) is 17.5 Å². The van der Waals surface area contributed by atoms with Gasteiger partial charge in [-0.15, -0.1) is 0 Å². The van der Waals surface area contributed by atoms with Gasteiger partial charge in [0.15, 0.2) is 11.5 Å². The van der Waals surface area contributed by atoms with Crippen molar-refractivity contribution in [2.24, 2.45) is 0 Å². The van der Waals surface area contributed by atoms with Crippen LogP contribution in [0, 0.1) is 6.92 Å². The Balaban J connectivity index is 1.75. The van der Waals surface area contributed by atoms with Gasteiger partial charge in [-0.1, -0.05) is 6.07 Å². The molecule has 1 N–H and O–H groups in total. The number of hydrogen-bond donors (Lipinski definition) is 1. The van der Waals surface area contributed by atoms with E-state index < -0.39 is 11.7 Å². The van der Waals surface area contributed by atoms with Crippen LogP contribution in [0.5, 0.6) is 0 Å². The molecule has 0 saturated carbocycles. The first kappa shape index (κ1) is 21.6. The third-order valence-corrected chi connectivity index (χ3v) is 4.77. The van der Waals surface area contributed by atoms with Crippen LogP contribution < -0.4 is 5.32 Å². The molecule has 164 valence electrons. The zero-order valence-electron chi connectivity index (χ0n) is 17.4. The lowest BCUT2D eigenvalue weighted by Crippen LogP contribution is -2.06. The molecule has 3 heterocycles. The highest BCUT2D eigenvalue weighted by molar-refractivity contribution is 5.90. The van der Waals surface area contributed by atoms with E-state index in [1.54, 1.807) is 6.20 Å². The second-order valence-corrected chi connectivity index (χ2v) is 7.06. The number of alkyl halides is 3. The van der Waals surface area contributed by atoms with Crippen molar-refractivity contribution in [3.63, 3.8) is 0 Å². The van der Waals surface area contributed by atoms with Crippen LogP contribution in [0.2, 0.25) is 0 Å². The molecule has 0 radical (unpaired) electrons. The second kappa shape index (κ2) is 8.88. The minimum atomic E-state index is -4.39. The molecule has 0 aliphatic carbocycles. The number of anilines is 2. The first-order valence-corrected chi connectivity index (χ1v) is 9.97. The van der Waals surface area contributed by atoms with Gasteiger partial charge in [0.1, 0.15) is 12.4 Å². The quantitative estimate of drug-likeness (QED) is 0.416. The number of pyridine rings is 2. The highest BCUT2D eigenvalue weighted by Gasteiger charge is 2.30. The molecule has 0 atom stereocenters. The predicted molar refractivity (Wildman–Crippen MR) is 115 cm³/mol. The normalized spacial score (nSPS) is 11.7. The number of aromatic nitrogens is 4. The van der Waals surface area contributed by atoms with Crippen LogP contribution in [0.3, 0.4) is 0 Å². The van der Waals surface area contributed by atoms with Crippen molar-refractivity contribution in [3.05, 3.63) is 71.7 Å². The number of aryl methyl sites for hydroxylation is 1. The molecular formula is C23H20F3N5O. The van der Waals surface area contributed by atoms with Gasteiger partial charge in [0.05, 0.1) is 22.3 Å². The van der Waals surface area contributed by atoms with Crippen LogP contribution in [0.15, 0.2) is 54.7 Å². The maximum absolute atomic E-state index is 12.9. The molecule has 0 fully saturated rings. The van der Waals surface area contributed by atoms with E-state index in [-0.39, 0.29) is 6.61 Å². The molecule has 6 nitrogen and oxygen atoms in total. The molecule has 32 heavy (non-hydrogen) atoms. The summed E-state index contributed by atoms with van der Waals surface area (Å²) in [5, 5.41) is 3.71. The van der Waals surface area contributed by atoms with Crippen molar-refractivity contribution < 1.29 is 17.9 Å². The number of ether oxygens (including phenoxy) is 1. The molecule has 3 aromatic heterocycles. The van der Waals surface area contributed by atoms with E-state index >= 15 is 0 Å². The topological polar surface area (TPSA) is 72.8 Å². The molecule has 0 aliphatic heterocycles. The van der Waals surface area contributed by atoms with Crippen LogP contribution in [0.25, 0.3) is 22.4 Å². The van der Waals surface area contributed by atoms with Gasteiger partial charge in [-0.3, -0.25) is 4.98 Å². The van der Waals surface area contributed by atoms with Crippen LogP contribution in [0.1, 0.15) is 23.9 Å². The van der Waals surface area contributed by atoms with Crippen molar-refractivity contribution >= 4 is 22.5 Å². The summed E-state index contributed by atoms with van der Waals surface area (Å²) in [6.07, 6.45) is -2.69. The van der Waals surface area contributed by atoms with Crippen molar-refractivity contribution in [1.29, 1.82) is 0 Å². The molecular weight excluding hydrogens is 419 g/mol. The van der Waals surface area contributed by atoms with Gasteiger partial charge in [-0.05, 0) is 61.9 Å². The smallest absolute Gasteiger partial charge is 0.374 e. The predicted octanol–water partition coefficient (Wildman–Crippen LogP) is 5.69. The first-order chi connectivity index (χ1) is 15.3. The molecule has 4 aromatic rings. The number of nitrogens with one attached hydrogen (secondary N) is 1. The van der Waals surface area contributed by atoms with Gasteiger partial charge in [0, 0.05) is 18.5 Å². The zero-order valence-corrected chi connectivity index (χ0v) is 17.4. The summed E-state index contributed by atoms with van der Waals surface area (Å²) in [4.78, 5) is 18.1. The van der Waals surface area contributed by atoms with Gasteiger partial charge in [-0.2, -0.15) is 13.2 Å². The Morgan fingerprint density at radius 3 is 2.44 bits per heavy atom. The summed E-state index contributed by atoms with van der Waals surface area (Å²) in [6, 6.07) is 12.2. The SMILES string of the molecule is CCOCc1nc(Nc2ccc(C(F)(F)F)cc2)c2ccc(-c3ncccc3C)nc2n1. The molecule has 0 spiro atoms. The summed E-state index contributed by atoms with van der Waals surface area (Å²) in [6.45, 7) is 4.49. The van der Waals surface area contributed by atoms with E-state index in [1.807, 2.05) is 38.1 Å². The molecule has 0 bridgehead atoms. The van der Waals surface area contributed by atoms with E-state index in [9.17, 15) is 13.2 Å². The summed E-state index contributed by atoms with van der Waals surface area (Å²) >= 11 is 0. The van der Waals surface area contributed by atoms with Gasteiger partial charge >= 0.3 is 6.18 Å². The largest absolute Gasteiger partial charge is 0.416 e. The lowest BCUT2D eigenvalue weighted by molar-refractivity contribution is -0.137. The monoisotopic (exact) mass is 439 g/mol. The Morgan fingerprint density at radius 1 is 0.969 bits per heavy atom. The molecule has 0 amide bonds. The number of nitrogens with zero attached hydrogens (tertiary/aromatic N) is 4. The average molecular weight is 439 g/mol. The fourth-order valence-electron chi connectivity index (χ4n) is 3.17. The molecule has 0 aliphatic rings. The lowest BCUT2D eigenvalue weighted by atomic mass is 10.1. The lowest BCUT2D eigenvalue weighted by Gasteiger charge is -2.13. The van der Waals surface area contributed by atoms with E-state index in [4.69, 9.17) is 4.74 Å². The van der Waals surface area contributed by atoms with E-state index in [2.05, 4.69) is 25.3 Å².